The number of primary amides is 1. The number of aromatic hydroxyl groups is 1. The van der Waals surface area contributed by atoms with Crippen molar-refractivity contribution in [2.24, 2.45) is 11.7 Å². The number of carboxylic acids is 1. The van der Waals surface area contributed by atoms with Crippen LogP contribution in [0.25, 0.3) is 43.4 Å². The molecular weight excluding hydrogens is 1210 g/mol. The number of carboxylic acid groups (broad SMARTS) is 1. The molecule has 1 saturated heterocycles. The van der Waals surface area contributed by atoms with E-state index >= 15 is 0 Å². The van der Waals surface area contributed by atoms with Gasteiger partial charge in [-0.1, -0.05) is 49.4 Å². The largest absolute Gasteiger partial charge is 0.508 e. The highest BCUT2D eigenvalue weighted by Gasteiger charge is 2.43. The third kappa shape index (κ3) is 12.5. The molecule has 2 aliphatic heterocycles. The normalized spacial score (nSPS) is 20.0. The number of carbonyl (C=O) groups is 7. The predicted molar refractivity (Wildman–Crippen MR) is 316 cm³/mol. The first-order valence-electron chi connectivity index (χ1n) is 25.8. The second-order valence-corrected chi connectivity index (χ2v) is 25.2. The number of nitrogens with zero attached hydrogens (tertiary/aromatic N) is 8. The number of rotatable bonds is 8. The van der Waals surface area contributed by atoms with E-state index in [1.807, 2.05) is 0 Å². The number of phenolic OH excluding ortho intramolecular Hbond substituents is 1. The molecule has 24 nitrogen and oxygen atoms in total. The maximum absolute atomic E-state index is 14.4. The smallest absolute Gasteiger partial charge is 0.355 e. The Kier molecular flexibility index (Phi) is 16.8. The van der Waals surface area contributed by atoms with E-state index in [1.54, 1.807) is 79.2 Å². The minimum atomic E-state index is -1.44. The van der Waals surface area contributed by atoms with Crippen LogP contribution in [-0.4, -0.2) is 127 Å². The van der Waals surface area contributed by atoms with E-state index in [0.29, 0.717) is 64.4 Å². The Labute approximate surface area is 505 Å². The van der Waals surface area contributed by atoms with Crippen LogP contribution in [0, 0.1) is 12.8 Å². The topological polar surface area (TPSA) is 368 Å². The third-order valence-corrected chi connectivity index (χ3v) is 19.4. The van der Waals surface area contributed by atoms with Gasteiger partial charge in [0.05, 0.1) is 36.8 Å². The molecule has 0 unspecified atom stereocenters. The first-order chi connectivity index (χ1) is 40.8. The van der Waals surface area contributed by atoms with Crippen LogP contribution in [0.4, 0.5) is 0 Å². The molecule has 0 aliphatic carbocycles. The first-order valence-corrected chi connectivity index (χ1v) is 31.0. The third-order valence-electron chi connectivity index (χ3n) is 13.9. The summed E-state index contributed by atoms with van der Waals surface area (Å²) in [6.45, 7) is 2.79. The van der Waals surface area contributed by atoms with Crippen LogP contribution in [0.15, 0.2) is 93.6 Å². The zero-order valence-corrected chi connectivity index (χ0v) is 49.3. The number of carbonyl (C=O) groups excluding carboxylic acids is 6. The van der Waals surface area contributed by atoms with Gasteiger partial charge >= 0.3 is 5.97 Å². The molecule has 85 heavy (non-hydrogen) atoms. The van der Waals surface area contributed by atoms with Crippen LogP contribution < -0.4 is 27.0 Å². The summed E-state index contributed by atoms with van der Waals surface area (Å²) in [6, 6.07) is 13.3. The van der Waals surface area contributed by atoms with Gasteiger partial charge in [0, 0.05) is 56.2 Å². The molecule has 10 bridgehead atoms. The number of aryl methyl sites for hydroxylation is 1. The minimum Gasteiger partial charge on any atom is -0.508 e. The highest BCUT2D eigenvalue weighted by molar-refractivity contribution is 7.15. The van der Waals surface area contributed by atoms with E-state index in [-0.39, 0.29) is 51.5 Å². The Hall–Kier alpha value is -8.62. The van der Waals surface area contributed by atoms with E-state index < -0.39 is 96.7 Å². The van der Waals surface area contributed by atoms with Crippen LogP contribution in [0.1, 0.15) is 111 Å². The van der Waals surface area contributed by atoms with Gasteiger partial charge in [-0.2, -0.15) is 0 Å². The average Bonchev–Trinajstić information content (AvgIpc) is 3.77. The molecular formula is C55H47N13O11S6. The number of aliphatic hydroxyl groups is 2. The summed E-state index contributed by atoms with van der Waals surface area (Å²) in [6.07, 6.45) is -2.91. The monoisotopic (exact) mass is 1260 g/mol. The average molecular weight is 1260 g/mol. The molecule has 0 saturated carbocycles. The van der Waals surface area contributed by atoms with Gasteiger partial charge in [-0.15, -0.1) is 68.0 Å². The molecule has 9 aromatic rings. The van der Waals surface area contributed by atoms with Gasteiger partial charge in [-0.25, -0.2) is 39.7 Å². The molecule has 11 rings (SSSR count). The van der Waals surface area contributed by atoms with E-state index in [2.05, 4.69) is 36.2 Å². The summed E-state index contributed by atoms with van der Waals surface area (Å²) >= 11 is 6.65. The standard InChI is InChI=1S/C55H47N13O11S6/c1-23-37(70)17-68-39(72)16-57-45(74)30(14-25-8-10-27(69)11-9-25)59-46(75)34-20-83-53(63-34)42(44(73)26-6-4-3-5-7-26)66-48(77)40-24(2)85-52(67-40)31(15-38(56)71)60-47(76)33-19-80-49(62-33)28-12-13-29(50-65-36(22-82-50)55(78)79)58-41(28)32-18-81-51(61-32)35-21-84-54(64-35)43(23)68/h3-13,18-23,30-31,37,42-44,69-70,73H,14-17H2,1-2H3,(H2,56,71)(H,57,74)(H,59,75)(H,60,76)(H,66,77)(H,78,79)/t23-,30-,31-,37-,42-,43-,44+/m0/s1. The number of nitrogens with one attached hydrogen (secondary N) is 4. The van der Waals surface area contributed by atoms with Gasteiger partial charge in [0.2, 0.25) is 17.7 Å². The number of hydrogen-bond donors (Lipinski definition) is 9. The predicted octanol–water partition coefficient (Wildman–Crippen LogP) is 6.10. The lowest BCUT2D eigenvalue weighted by molar-refractivity contribution is -0.134. The number of aromatic nitrogens is 7. The maximum atomic E-state index is 14.4. The van der Waals surface area contributed by atoms with Crippen molar-refractivity contribution in [2.45, 2.75) is 63.1 Å². The summed E-state index contributed by atoms with van der Waals surface area (Å²) in [5.74, 6) is -6.12. The number of thiazole rings is 6. The van der Waals surface area contributed by atoms with Crippen LogP contribution in [0.5, 0.6) is 5.75 Å². The number of aliphatic hydroxyl groups excluding tert-OH is 2. The number of benzene rings is 2. The SMILES string of the molecule is Cc1sc2nc1C(=O)N[C@@H]([C@H](O)c1ccccc1)c1nc(cs1)C(=O)N[C@@H](Cc1ccc(O)cc1)C(=O)NCC(=O)N1C[C@H](O)[C@H](C)[C@H]1c1nc(cs1)-c1nc(cs1)-c1nc(-c3nc(C(=O)O)cs3)ccc1-c1nc(cs1)C(=O)N[C@H]2CC(N)=O. The molecule has 0 radical (unpaired) electrons. The lowest BCUT2D eigenvalue weighted by Crippen LogP contribution is -2.50. The van der Waals surface area contributed by atoms with Crippen molar-refractivity contribution in [3.8, 4) is 49.1 Å². The van der Waals surface area contributed by atoms with Gasteiger partial charge in [0.25, 0.3) is 17.7 Å². The second-order valence-electron chi connectivity index (χ2n) is 19.6. The molecule has 0 spiro atoms. The van der Waals surface area contributed by atoms with Gasteiger partial charge in [-0.3, -0.25) is 28.8 Å². The number of nitrogens with two attached hydrogens (primary N) is 1. The van der Waals surface area contributed by atoms with Crippen molar-refractivity contribution in [3.05, 3.63) is 147 Å². The zero-order valence-electron chi connectivity index (χ0n) is 44.4. The lowest BCUT2D eigenvalue weighted by atomic mass is 10.0. The summed E-state index contributed by atoms with van der Waals surface area (Å²) in [5.41, 5.74) is 8.04. The molecule has 2 aliphatic rings. The zero-order chi connectivity index (χ0) is 59.8. The van der Waals surface area contributed by atoms with Crippen LogP contribution in [0.2, 0.25) is 0 Å². The van der Waals surface area contributed by atoms with Gasteiger partial charge in [0.1, 0.15) is 88.1 Å². The highest BCUT2D eigenvalue weighted by atomic mass is 32.1. The molecule has 30 heteroatoms. The number of aromatic carboxylic acids is 1. The molecule has 10 N–H and O–H groups in total. The van der Waals surface area contributed by atoms with Crippen LogP contribution in [0.3, 0.4) is 0 Å². The van der Waals surface area contributed by atoms with Crippen molar-refractivity contribution in [2.75, 3.05) is 13.1 Å². The quantitative estimate of drug-likeness (QED) is 0.0829. The molecule has 1 fully saturated rings. The number of pyridine rings is 1. The Morgan fingerprint density at radius 2 is 1.33 bits per heavy atom. The Morgan fingerprint density at radius 3 is 2.07 bits per heavy atom. The van der Waals surface area contributed by atoms with Crippen molar-refractivity contribution in [1.29, 1.82) is 0 Å². The van der Waals surface area contributed by atoms with Crippen molar-refractivity contribution in [3.63, 3.8) is 0 Å². The Bertz CT molecular complexity index is 4050. The fourth-order valence-corrected chi connectivity index (χ4v) is 14.8. The van der Waals surface area contributed by atoms with Crippen LogP contribution >= 0.6 is 68.0 Å². The number of amides is 6. The van der Waals surface area contributed by atoms with Crippen molar-refractivity contribution in [1.82, 2.24) is 61.1 Å². The second kappa shape index (κ2) is 24.5. The summed E-state index contributed by atoms with van der Waals surface area (Å²) < 4.78 is 0. The molecule has 2 aromatic carbocycles. The molecule has 434 valence electrons. The summed E-state index contributed by atoms with van der Waals surface area (Å²) in [4.78, 5) is 130. The summed E-state index contributed by atoms with van der Waals surface area (Å²) in [5, 5.41) is 63.5. The van der Waals surface area contributed by atoms with E-state index in [4.69, 9.17) is 25.7 Å². The molecule has 7 aromatic heterocycles. The molecule has 6 amide bonds. The number of phenols is 1. The van der Waals surface area contributed by atoms with E-state index in [9.17, 15) is 54.0 Å². The Morgan fingerprint density at radius 1 is 0.682 bits per heavy atom. The lowest BCUT2D eigenvalue weighted by Gasteiger charge is -2.25. The number of hydrogen-bond acceptors (Lipinski definition) is 23. The maximum Gasteiger partial charge on any atom is 0.355 e. The van der Waals surface area contributed by atoms with Gasteiger partial charge < -0.3 is 52.3 Å². The minimum absolute atomic E-state index is 0.0319. The fraction of sp³-hybridized carbons (Fsp3) is 0.236. The van der Waals surface area contributed by atoms with Gasteiger partial charge in [-0.05, 0) is 42.3 Å². The Balaban J connectivity index is 0.980. The van der Waals surface area contributed by atoms with Crippen molar-refractivity contribution < 1.29 is 54.0 Å². The van der Waals surface area contributed by atoms with Gasteiger partial charge in [0.15, 0.2) is 5.69 Å². The van der Waals surface area contributed by atoms with E-state index in [0.717, 1.165) is 45.3 Å². The van der Waals surface area contributed by atoms with Crippen LogP contribution in [-0.2, 0) is 20.8 Å². The molecule has 9 heterocycles. The van der Waals surface area contributed by atoms with Crippen molar-refractivity contribution >= 4 is 109 Å². The highest BCUT2D eigenvalue weighted by Crippen LogP contribution is 2.42. The fourth-order valence-electron chi connectivity index (χ4n) is 9.52. The summed E-state index contributed by atoms with van der Waals surface area (Å²) in [7, 11) is 0. The first kappa shape index (κ1) is 58.2. The number of fused-ring (bicyclic) bond motifs is 16. The van der Waals surface area contributed by atoms with E-state index in [1.165, 1.54) is 55.8 Å². The molecule has 7 atom stereocenters.